The van der Waals surface area contributed by atoms with Crippen molar-refractivity contribution in [1.82, 2.24) is 20.1 Å². The van der Waals surface area contributed by atoms with Gasteiger partial charge in [0.1, 0.15) is 29.3 Å². The standard InChI is InChI=1S/C21H21ClFN5O3/c1-12(10-25-19(29)8-14-11-31-20(26-14)21(2,3)30)28-5-4-18(27-28)13-6-16(22)15(9-24)17(23)7-13/h4-7,11-12,30H,8,10H2,1-3H3,(H,25,29)/t12-/m0/s1. The lowest BCUT2D eigenvalue weighted by Gasteiger charge is -2.13. The van der Waals surface area contributed by atoms with Crippen LogP contribution in [0, 0.1) is 17.1 Å². The number of amides is 1. The molecule has 1 amide bonds. The summed E-state index contributed by atoms with van der Waals surface area (Å²) in [5.74, 6) is -0.816. The molecule has 8 nitrogen and oxygen atoms in total. The molecule has 0 aliphatic carbocycles. The molecule has 0 saturated heterocycles. The van der Waals surface area contributed by atoms with Gasteiger partial charge in [0.25, 0.3) is 0 Å². The van der Waals surface area contributed by atoms with Gasteiger partial charge in [0, 0.05) is 18.3 Å². The Morgan fingerprint density at radius 3 is 2.84 bits per heavy atom. The topological polar surface area (TPSA) is 117 Å². The molecule has 0 saturated carbocycles. The first-order chi connectivity index (χ1) is 14.6. The van der Waals surface area contributed by atoms with E-state index in [1.807, 2.05) is 6.92 Å². The van der Waals surface area contributed by atoms with E-state index in [-0.39, 0.29) is 34.8 Å². The van der Waals surface area contributed by atoms with Crippen molar-refractivity contribution in [1.29, 1.82) is 5.26 Å². The number of rotatable bonds is 7. The molecule has 0 bridgehead atoms. The van der Waals surface area contributed by atoms with Crippen molar-refractivity contribution in [3.8, 4) is 17.3 Å². The zero-order valence-electron chi connectivity index (χ0n) is 17.2. The van der Waals surface area contributed by atoms with Crippen molar-refractivity contribution in [2.75, 3.05) is 6.54 Å². The van der Waals surface area contributed by atoms with E-state index in [0.29, 0.717) is 23.5 Å². The number of nitriles is 1. The monoisotopic (exact) mass is 445 g/mol. The van der Waals surface area contributed by atoms with Crippen molar-refractivity contribution in [2.45, 2.75) is 38.8 Å². The first-order valence-corrected chi connectivity index (χ1v) is 9.85. The van der Waals surface area contributed by atoms with Crippen LogP contribution in [-0.2, 0) is 16.8 Å². The molecule has 0 radical (unpaired) electrons. The average Bonchev–Trinajstić information content (AvgIpc) is 3.35. The summed E-state index contributed by atoms with van der Waals surface area (Å²) in [6.07, 6.45) is 3.07. The number of hydrogen-bond donors (Lipinski definition) is 2. The first kappa shape index (κ1) is 22.5. The zero-order valence-corrected chi connectivity index (χ0v) is 17.9. The fraction of sp³-hybridized carbons (Fsp3) is 0.333. The Morgan fingerprint density at radius 1 is 1.48 bits per heavy atom. The van der Waals surface area contributed by atoms with E-state index in [9.17, 15) is 14.3 Å². The minimum Gasteiger partial charge on any atom is -0.446 e. The summed E-state index contributed by atoms with van der Waals surface area (Å²) in [4.78, 5) is 16.3. The SMILES string of the molecule is C[C@@H](CNC(=O)Cc1coc(C(C)(C)O)n1)n1ccc(-c2cc(F)c(C#N)c(Cl)c2)n1. The number of oxazole rings is 1. The third-order valence-corrected chi connectivity index (χ3v) is 4.82. The summed E-state index contributed by atoms with van der Waals surface area (Å²) in [6.45, 7) is 5.26. The highest BCUT2D eigenvalue weighted by Crippen LogP contribution is 2.27. The Hall–Kier alpha value is -3.22. The van der Waals surface area contributed by atoms with Gasteiger partial charge in [-0.3, -0.25) is 9.48 Å². The van der Waals surface area contributed by atoms with E-state index in [4.69, 9.17) is 21.3 Å². The number of benzene rings is 1. The fourth-order valence-corrected chi connectivity index (χ4v) is 3.07. The smallest absolute Gasteiger partial charge is 0.226 e. The van der Waals surface area contributed by atoms with Gasteiger partial charge in [-0.1, -0.05) is 11.6 Å². The van der Waals surface area contributed by atoms with E-state index in [0.717, 1.165) is 0 Å². The quantitative estimate of drug-likeness (QED) is 0.576. The number of hydrogen-bond acceptors (Lipinski definition) is 6. The minimum absolute atomic E-state index is 0.0136. The molecule has 3 aromatic rings. The number of halogens is 2. The number of nitrogens with one attached hydrogen (secondary N) is 1. The molecule has 2 N–H and O–H groups in total. The van der Waals surface area contributed by atoms with Crippen LogP contribution in [0.1, 0.15) is 44.0 Å². The maximum atomic E-state index is 14.0. The lowest BCUT2D eigenvalue weighted by atomic mass is 10.1. The van der Waals surface area contributed by atoms with Crippen LogP contribution >= 0.6 is 11.6 Å². The second-order valence-corrected chi connectivity index (χ2v) is 8.05. The number of aliphatic hydroxyl groups is 1. The van der Waals surface area contributed by atoms with Gasteiger partial charge in [-0.15, -0.1) is 0 Å². The summed E-state index contributed by atoms with van der Waals surface area (Å²) in [7, 11) is 0. The third-order valence-electron chi connectivity index (χ3n) is 4.52. The number of carbonyl (C=O) groups excluding carboxylic acids is 1. The summed E-state index contributed by atoms with van der Waals surface area (Å²) >= 11 is 5.96. The molecule has 3 rings (SSSR count). The van der Waals surface area contributed by atoms with E-state index >= 15 is 0 Å². The van der Waals surface area contributed by atoms with Crippen LogP contribution in [0.4, 0.5) is 4.39 Å². The highest BCUT2D eigenvalue weighted by atomic mass is 35.5. The fourth-order valence-electron chi connectivity index (χ4n) is 2.82. The van der Waals surface area contributed by atoms with Crippen LogP contribution in [0.25, 0.3) is 11.3 Å². The lowest BCUT2D eigenvalue weighted by Crippen LogP contribution is -2.31. The molecule has 10 heteroatoms. The molecule has 2 heterocycles. The second kappa shape index (κ2) is 8.88. The van der Waals surface area contributed by atoms with Crippen LogP contribution < -0.4 is 5.32 Å². The lowest BCUT2D eigenvalue weighted by molar-refractivity contribution is -0.120. The zero-order chi connectivity index (χ0) is 22.8. The molecule has 0 unspecified atom stereocenters. The number of carbonyl (C=O) groups is 1. The molecular weight excluding hydrogens is 425 g/mol. The van der Waals surface area contributed by atoms with E-state index in [1.54, 1.807) is 36.9 Å². The van der Waals surface area contributed by atoms with Crippen molar-refractivity contribution in [3.05, 3.63) is 58.6 Å². The second-order valence-electron chi connectivity index (χ2n) is 7.64. The molecule has 0 aliphatic heterocycles. The van der Waals surface area contributed by atoms with E-state index < -0.39 is 11.4 Å². The molecular formula is C21H21ClFN5O3. The van der Waals surface area contributed by atoms with Crippen molar-refractivity contribution >= 4 is 17.5 Å². The van der Waals surface area contributed by atoms with Gasteiger partial charge in [-0.2, -0.15) is 10.4 Å². The number of nitrogens with zero attached hydrogens (tertiary/aromatic N) is 4. The predicted molar refractivity (Wildman–Crippen MR) is 111 cm³/mol. The molecule has 1 aromatic carbocycles. The summed E-state index contributed by atoms with van der Waals surface area (Å²) in [5, 5.41) is 26.0. The van der Waals surface area contributed by atoms with Gasteiger partial charge in [0.05, 0.1) is 28.9 Å². The molecule has 162 valence electrons. The largest absolute Gasteiger partial charge is 0.446 e. The van der Waals surface area contributed by atoms with Crippen LogP contribution in [0.5, 0.6) is 0 Å². The van der Waals surface area contributed by atoms with Crippen molar-refractivity contribution in [3.63, 3.8) is 0 Å². The molecule has 31 heavy (non-hydrogen) atoms. The Kier molecular flexibility index (Phi) is 6.43. The molecule has 2 aromatic heterocycles. The minimum atomic E-state index is -1.22. The highest BCUT2D eigenvalue weighted by Gasteiger charge is 2.23. The van der Waals surface area contributed by atoms with Gasteiger partial charge in [-0.25, -0.2) is 9.37 Å². The Labute approximate surface area is 183 Å². The van der Waals surface area contributed by atoms with Crippen LogP contribution in [0.15, 0.2) is 35.1 Å². The first-order valence-electron chi connectivity index (χ1n) is 9.47. The summed E-state index contributed by atoms with van der Waals surface area (Å²) in [6, 6.07) is 5.94. The maximum absolute atomic E-state index is 14.0. The average molecular weight is 446 g/mol. The Balaban J connectivity index is 1.60. The third kappa shape index (κ3) is 5.29. The van der Waals surface area contributed by atoms with Gasteiger partial charge in [0.2, 0.25) is 11.8 Å². The van der Waals surface area contributed by atoms with E-state index in [1.165, 1.54) is 18.4 Å². The van der Waals surface area contributed by atoms with Gasteiger partial charge < -0.3 is 14.8 Å². The number of aromatic nitrogens is 3. The Morgan fingerprint density at radius 2 is 2.23 bits per heavy atom. The van der Waals surface area contributed by atoms with Crippen LogP contribution in [-0.4, -0.2) is 32.3 Å². The normalized spacial score (nSPS) is 12.4. The van der Waals surface area contributed by atoms with Gasteiger partial charge in [-0.05, 0) is 39.0 Å². The van der Waals surface area contributed by atoms with Gasteiger partial charge in [0.15, 0.2) is 0 Å². The predicted octanol–water partition coefficient (Wildman–Crippen LogP) is 3.35. The molecule has 1 atom stereocenters. The maximum Gasteiger partial charge on any atom is 0.226 e. The molecule has 0 aliphatic rings. The van der Waals surface area contributed by atoms with Crippen molar-refractivity contribution < 1.29 is 18.7 Å². The van der Waals surface area contributed by atoms with Crippen LogP contribution in [0.2, 0.25) is 5.02 Å². The van der Waals surface area contributed by atoms with E-state index in [2.05, 4.69) is 15.4 Å². The van der Waals surface area contributed by atoms with Crippen molar-refractivity contribution in [2.24, 2.45) is 0 Å². The Bertz CT molecular complexity index is 1120. The summed E-state index contributed by atoms with van der Waals surface area (Å²) in [5.41, 5.74) is -0.0650. The van der Waals surface area contributed by atoms with Crippen LogP contribution in [0.3, 0.4) is 0 Å². The molecule has 0 fully saturated rings. The molecule has 0 spiro atoms. The summed E-state index contributed by atoms with van der Waals surface area (Å²) < 4.78 is 20.8. The van der Waals surface area contributed by atoms with Gasteiger partial charge >= 0.3 is 0 Å². The highest BCUT2D eigenvalue weighted by molar-refractivity contribution is 6.32.